The fourth-order valence-electron chi connectivity index (χ4n) is 0.514. The molecule has 0 aromatic rings. The van der Waals surface area contributed by atoms with Gasteiger partial charge in [0.25, 0.3) is 0 Å². The van der Waals surface area contributed by atoms with Crippen molar-refractivity contribution in [3.8, 4) is 0 Å². The van der Waals surface area contributed by atoms with Gasteiger partial charge in [0.1, 0.15) is 13.2 Å². The maximum atomic E-state index is 10.5. The highest BCUT2D eigenvalue weighted by molar-refractivity contribution is 5.81. The molecule has 0 amide bonds. The topological polar surface area (TPSA) is 52.6 Å². The number of carbonyl (C=O) groups is 2. The molecule has 4 heteroatoms. The van der Waals surface area contributed by atoms with Gasteiger partial charge in [-0.25, -0.2) is 9.59 Å². The van der Waals surface area contributed by atoms with Gasteiger partial charge in [-0.15, -0.1) is 0 Å². The second-order valence-corrected chi connectivity index (χ2v) is 2.14. The minimum Gasteiger partial charge on any atom is -0.458 e. The third-order valence-corrected chi connectivity index (χ3v) is 1.14. The van der Waals surface area contributed by atoms with Crippen molar-refractivity contribution in [2.45, 2.75) is 0 Å². The number of hydrogen-bond donors (Lipinski definition) is 0. The summed E-state index contributed by atoms with van der Waals surface area (Å²) in [5.74, 6) is -0.976. The summed E-state index contributed by atoms with van der Waals surface area (Å²) in [6.45, 7) is 6.73. The summed E-state index contributed by atoms with van der Waals surface area (Å²) in [7, 11) is 0. The molecule has 0 bridgehead atoms. The van der Waals surface area contributed by atoms with Crippen molar-refractivity contribution in [3.63, 3.8) is 0 Å². The summed E-state index contributed by atoms with van der Waals surface area (Å²) in [5.41, 5.74) is 0. The fraction of sp³-hybridized carbons (Fsp3) is 0.200. The van der Waals surface area contributed by atoms with Crippen LogP contribution in [-0.4, -0.2) is 25.2 Å². The van der Waals surface area contributed by atoms with Crippen LogP contribution in [0.5, 0.6) is 0 Å². The zero-order valence-electron chi connectivity index (χ0n) is 7.77. The van der Waals surface area contributed by atoms with E-state index in [-0.39, 0.29) is 13.2 Å². The minimum absolute atomic E-state index is 0.135. The van der Waals surface area contributed by atoms with Crippen LogP contribution < -0.4 is 0 Å². The Labute approximate surface area is 82.5 Å². The van der Waals surface area contributed by atoms with E-state index >= 15 is 0 Å². The normalized spacial score (nSPS) is 9.43. The van der Waals surface area contributed by atoms with Crippen molar-refractivity contribution in [2.24, 2.45) is 0 Å². The first-order valence-electron chi connectivity index (χ1n) is 3.94. The van der Waals surface area contributed by atoms with E-state index in [0.717, 1.165) is 12.2 Å². The predicted molar refractivity (Wildman–Crippen MR) is 51.5 cm³/mol. The number of rotatable bonds is 6. The standard InChI is InChI=1S/C10H12O4/c1-3-9(11)13-7-5-6-8-14-10(12)4-2/h3-6H,1-2,7-8H2/b6-5-. The Hall–Kier alpha value is -1.84. The lowest BCUT2D eigenvalue weighted by Crippen LogP contribution is -2.01. The Morgan fingerprint density at radius 1 is 0.929 bits per heavy atom. The predicted octanol–water partition coefficient (Wildman–Crippen LogP) is 1.00. The van der Waals surface area contributed by atoms with Gasteiger partial charge in [0, 0.05) is 12.2 Å². The third kappa shape index (κ3) is 6.84. The highest BCUT2D eigenvalue weighted by atomic mass is 16.5. The van der Waals surface area contributed by atoms with Crippen LogP contribution in [0.2, 0.25) is 0 Å². The van der Waals surface area contributed by atoms with Gasteiger partial charge in [-0.3, -0.25) is 0 Å². The number of ether oxygens (including phenoxy) is 2. The Morgan fingerprint density at radius 2 is 1.29 bits per heavy atom. The Bertz CT molecular complexity index is 227. The number of carbonyl (C=O) groups excluding carboxylic acids is 2. The lowest BCUT2D eigenvalue weighted by atomic mass is 10.5. The maximum Gasteiger partial charge on any atom is 0.330 e. The molecule has 0 aliphatic rings. The van der Waals surface area contributed by atoms with Gasteiger partial charge in [-0.1, -0.05) is 13.2 Å². The second kappa shape index (κ2) is 7.79. The molecule has 4 nitrogen and oxygen atoms in total. The summed E-state index contributed by atoms with van der Waals surface area (Å²) in [6.07, 6.45) is 5.28. The van der Waals surface area contributed by atoms with Crippen LogP contribution in [0.1, 0.15) is 0 Å². The molecule has 14 heavy (non-hydrogen) atoms. The summed E-state index contributed by atoms with van der Waals surface area (Å²) in [4.78, 5) is 21.1. The van der Waals surface area contributed by atoms with E-state index < -0.39 is 11.9 Å². The zero-order valence-corrected chi connectivity index (χ0v) is 7.77. The lowest BCUT2D eigenvalue weighted by Gasteiger charge is -1.96. The molecule has 0 saturated heterocycles. The third-order valence-electron chi connectivity index (χ3n) is 1.14. The van der Waals surface area contributed by atoms with E-state index in [4.69, 9.17) is 0 Å². The van der Waals surface area contributed by atoms with Crippen LogP contribution in [0.15, 0.2) is 37.5 Å². The van der Waals surface area contributed by atoms with Crippen molar-refractivity contribution in [1.82, 2.24) is 0 Å². The summed E-state index contributed by atoms with van der Waals surface area (Å²) in [5, 5.41) is 0. The van der Waals surface area contributed by atoms with Crippen molar-refractivity contribution in [1.29, 1.82) is 0 Å². The molecule has 0 rings (SSSR count). The molecule has 0 spiro atoms. The van der Waals surface area contributed by atoms with E-state index in [0.29, 0.717) is 0 Å². The van der Waals surface area contributed by atoms with Crippen molar-refractivity contribution in [2.75, 3.05) is 13.2 Å². The average molecular weight is 196 g/mol. The van der Waals surface area contributed by atoms with Crippen LogP contribution in [-0.2, 0) is 19.1 Å². The lowest BCUT2D eigenvalue weighted by molar-refractivity contribution is -0.137. The van der Waals surface area contributed by atoms with Gasteiger partial charge in [0.05, 0.1) is 0 Å². The molecular formula is C10H12O4. The molecule has 76 valence electrons. The van der Waals surface area contributed by atoms with E-state index in [2.05, 4.69) is 22.6 Å². The van der Waals surface area contributed by atoms with Crippen LogP contribution in [0, 0.1) is 0 Å². The van der Waals surface area contributed by atoms with Crippen LogP contribution in [0.3, 0.4) is 0 Å². The molecule has 0 heterocycles. The Kier molecular flexibility index (Phi) is 6.77. The highest BCUT2D eigenvalue weighted by Crippen LogP contribution is 1.84. The van der Waals surface area contributed by atoms with E-state index in [1.54, 1.807) is 12.2 Å². The molecule has 0 aliphatic carbocycles. The SMILES string of the molecule is C=CC(=O)OC/C=C\COC(=O)C=C. The molecule has 0 fully saturated rings. The Morgan fingerprint density at radius 3 is 1.57 bits per heavy atom. The van der Waals surface area contributed by atoms with Crippen LogP contribution >= 0.6 is 0 Å². The van der Waals surface area contributed by atoms with E-state index in [1.165, 1.54) is 0 Å². The van der Waals surface area contributed by atoms with Gasteiger partial charge >= 0.3 is 11.9 Å². The summed E-state index contributed by atoms with van der Waals surface area (Å²) < 4.78 is 9.24. The molecule has 0 atom stereocenters. The first-order valence-corrected chi connectivity index (χ1v) is 3.94. The van der Waals surface area contributed by atoms with Crippen LogP contribution in [0.4, 0.5) is 0 Å². The molecule has 0 aromatic heterocycles. The quantitative estimate of drug-likeness (QED) is 0.361. The summed E-state index contributed by atoms with van der Waals surface area (Å²) in [6, 6.07) is 0. The highest BCUT2D eigenvalue weighted by Gasteiger charge is 1.92. The van der Waals surface area contributed by atoms with E-state index in [9.17, 15) is 9.59 Å². The molecule has 0 radical (unpaired) electrons. The molecule has 0 unspecified atom stereocenters. The second-order valence-electron chi connectivity index (χ2n) is 2.14. The summed E-state index contributed by atoms with van der Waals surface area (Å²) >= 11 is 0. The molecule has 0 N–H and O–H groups in total. The number of hydrogen-bond acceptors (Lipinski definition) is 4. The maximum absolute atomic E-state index is 10.5. The van der Waals surface area contributed by atoms with Gasteiger partial charge in [-0.05, 0) is 12.2 Å². The van der Waals surface area contributed by atoms with E-state index in [1.807, 2.05) is 0 Å². The minimum atomic E-state index is -0.488. The van der Waals surface area contributed by atoms with Crippen molar-refractivity contribution < 1.29 is 19.1 Å². The zero-order chi connectivity index (χ0) is 10.8. The van der Waals surface area contributed by atoms with Gasteiger partial charge < -0.3 is 9.47 Å². The van der Waals surface area contributed by atoms with Crippen molar-refractivity contribution >= 4 is 11.9 Å². The van der Waals surface area contributed by atoms with Gasteiger partial charge in [0.2, 0.25) is 0 Å². The molecule has 0 saturated carbocycles. The fourth-order valence-corrected chi connectivity index (χ4v) is 0.514. The Balaban J connectivity index is 3.45. The first-order chi connectivity index (χ1) is 6.70. The van der Waals surface area contributed by atoms with Gasteiger partial charge in [-0.2, -0.15) is 0 Å². The number of esters is 2. The van der Waals surface area contributed by atoms with Crippen molar-refractivity contribution in [3.05, 3.63) is 37.5 Å². The first kappa shape index (κ1) is 12.2. The molecule has 0 aromatic carbocycles. The monoisotopic (exact) mass is 196 g/mol. The average Bonchev–Trinajstić information content (AvgIpc) is 2.22. The molecular weight excluding hydrogens is 184 g/mol. The van der Waals surface area contributed by atoms with Crippen LogP contribution in [0.25, 0.3) is 0 Å². The molecule has 0 aliphatic heterocycles. The van der Waals surface area contributed by atoms with Gasteiger partial charge in [0.15, 0.2) is 0 Å². The smallest absolute Gasteiger partial charge is 0.330 e. The largest absolute Gasteiger partial charge is 0.458 e.